The molecule has 0 atom stereocenters. The standard InChI is InChI=1S/C11H11N3O2S/c1-7-12-5-9(17-7)6-13-8-2-3-10(11(15)16)14-4-8/h2-5,13H,6H2,1H3,(H,15,16). The molecule has 2 N–H and O–H groups in total. The molecule has 0 spiro atoms. The zero-order valence-corrected chi connectivity index (χ0v) is 9.99. The molecule has 0 saturated carbocycles. The molecular weight excluding hydrogens is 238 g/mol. The van der Waals surface area contributed by atoms with E-state index in [0.29, 0.717) is 6.54 Å². The minimum atomic E-state index is -1.02. The van der Waals surface area contributed by atoms with Crippen LogP contribution in [0.3, 0.4) is 0 Å². The van der Waals surface area contributed by atoms with E-state index in [4.69, 9.17) is 5.11 Å². The van der Waals surface area contributed by atoms with Gasteiger partial charge in [0.25, 0.3) is 0 Å². The van der Waals surface area contributed by atoms with Gasteiger partial charge >= 0.3 is 5.97 Å². The fourth-order valence-corrected chi connectivity index (χ4v) is 2.04. The molecular formula is C11H11N3O2S. The highest BCUT2D eigenvalue weighted by atomic mass is 32.1. The third kappa shape index (κ3) is 3.01. The third-order valence-electron chi connectivity index (χ3n) is 2.12. The Bertz CT molecular complexity index is 522. The lowest BCUT2D eigenvalue weighted by molar-refractivity contribution is 0.0690. The van der Waals surface area contributed by atoms with Crippen molar-refractivity contribution in [1.29, 1.82) is 0 Å². The summed E-state index contributed by atoms with van der Waals surface area (Å²) < 4.78 is 0. The summed E-state index contributed by atoms with van der Waals surface area (Å²) in [6.07, 6.45) is 3.34. The summed E-state index contributed by atoms with van der Waals surface area (Å²) in [6, 6.07) is 3.17. The van der Waals surface area contributed by atoms with Crippen molar-refractivity contribution in [2.45, 2.75) is 13.5 Å². The fraction of sp³-hybridized carbons (Fsp3) is 0.182. The number of carboxylic acids is 1. The van der Waals surface area contributed by atoms with Crippen LogP contribution in [0, 0.1) is 6.92 Å². The van der Waals surface area contributed by atoms with Crippen molar-refractivity contribution in [3.63, 3.8) is 0 Å². The molecule has 2 aromatic rings. The van der Waals surface area contributed by atoms with Crippen molar-refractivity contribution >= 4 is 23.0 Å². The molecule has 0 saturated heterocycles. The number of hydrogen-bond acceptors (Lipinski definition) is 5. The highest BCUT2D eigenvalue weighted by molar-refractivity contribution is 7.11. The number of aryl methyl sites for hydroxylation is 1. The van der Waals surface area contributed by atoms with Crippen LogP contribution < -0.4 is 5.32 Å². The molecule has 0 aliphatic heterocycles. The summed E-state index contributed by atoms with van der Waals surface area (Å²) in [5, 5.41) is 12.9. The molecule has 0 aliphatic carbocycles. The van der Waals surface area contributed by atoms with E-state index >= 15 is 0 Å². The van der Waals surface area contributed by atoms with Crippen molar-refractivity contribution in [3.8, 4) is 0 Å². The van der Waals surface area contributed by atoms with E-state index in [9.17, 15) is 4.79 Å². The number of thiazole rings is 1. The molecule has 0 amide bonds. The van der Waals surface area contributed by atoms with E-state index in [1.807, 2.05) is 13.1 Å². The van der Waals surface area contributed by atoms with Gasteiger partial charge in [-0.25, -0.2) is 14.8 Å². The number of aromatic carboxylic acids is 1. The summed E-state index contributed by atoms with van der Waals surface area (Å²) in [7, 11) is 0. The van der Waals surface area contributed by atoms with E-state index in [-0.39, 0.29) is 5.69 Å². The molecule has 0 aliphatic rings. The smallest absolute Gasteiger partial charge is 0.354 e. The second-order valence-corrected chi connectivity index (χ2v) is 4.76. The van der Waals surface area contributed by atoms with Crippen LogP contribution in [0.2, 0.25) is 0 Å². The summed E-state index contributed by atoms with van der Waals surface area (Å²) >= 11 is 1.63. The number of hydrogen-bond donors (Lipinski definition) is 2. The second kappa shape index (κ2) is 4.92. The SMILES string of the molecule is Cc1ncc(CNc2ccc(C(=O)O)nc2)s1. The number of aromatic nitrogens is 2. The van der Waals surface area contributed by atoms with Gasteiger partial charge in [0.05, 0.1) is 23.4 Å². The van der Waals surface area contributed by atoms with Crippen LogP contribution in [-0.4, -0.2) is 21.0 Å². The molecule has 2 rings (SSSR count). The van der Waals surface area contributed by atoms with Gasteiger partial charge < -0.3 is 10.4 Å². The van der Waals surface area contributed by atoms with Crippen LogP contribution in [-0.2, 0) is 6.54 Å². The van der Waals surface area contributed by atoms with E-state index in [0.717, 1.165) is 15.6 Å². The van der Waals surface area contributed by atoms with Crippen molar-refractivity contribution in [3.05, 3.63) is 40.1 Å². The van der Waals surface area contributed by atoms with Crippen LogP contribution in [0.4, 0.5) is 5.69 Å². The van der Waals surface area contributed by atoms with Gasteiger partial charge in [-0.3, -0.25) is 0 Å². The van der Waals surface area contributed by atoms with Gasteiger partial charge in [0.1, 0.15) is 5.69 Å². The third-order valence-corrected chi connectivity index (χ3v) is 3.03. The number of pyridine rings is 1. The molecule has 0 fully saturated rings. The topological polar surface area (TPSA) is 75.1 Å². The molecule has 6 heteroatoms. The minimum Gasteiger partial charge on any atom is -0.477 e. The largest absolute Gasteiger partial charge is 0.477 e. The van der Waals surface area contributed by atoms with Gasteiger partial charge in [-0.15, -0.1) is 11.3 Å². The summed E-state index contributed by atoms with van der Waals surface area (Å²) in [4.78, 5) is 19.7. The van der Waals surface area contributed by atoms with Crippen molar-refractivity contribution in [1.82, 2.24) is 9.97 Å². The lowest BCUT2D eigenvalue weighted by atomic mass is 10.3. The Hall–Kier alpha value is -1.95. The summed E-state index contributed by atoms with van der Waals surface area (Å²) in [5.41, 5.74) is 0.838. The number of nitrogens with one attached hydrogen (secondary N) is 1. The molecule has 5 nitrogen and oxygen atoms in total. The van der Waals surface area contributed by atoms with E-state index in [1.54, 1.807) is 17.4 Å². The van der Waals surface area contributed by atoms with Crippen LogP contribution in [0.25, 0.3) is 0 Å². The Morgan fingerprint density at radius 1 is 1.41 bits per heavy atom. The Labute approximate surface area is 102 Å². The monoisotopic (exact) mass is 249 g/mol. The summed E-state index contributed by atoms with van der Waals surface area (Å²) in [5.74, 6) is -1.02. The van der Waals surface area contributed by atoms with Crippen LogP contribution in [0.15, 0.2) is 24.5 Å². The van der Waals surface area contributed by atoms with Gasteiger partial charge in [-0.1, -0.05) is 0 Å². The van der Waals surface area contributed by atoms with Crippen LogP contribution >= 0.6 is 11.3 Å². The predicted molar refractivity (Wildman–Crippen MR) is 65.4 cm³/mol. The van der Waals surface area contributed by atoms with Gasteiger partial charge in [0.2, 0.25) is 0 Å². The Morgan fingerprint density at radius 3 is 2.76 bits per heavy atom. The second-order valence-electron chi connectivity index (χ2n) is 3.44. The van der Waals surface area contributed by atoms with Gasteiger partial charge in [0.15, 0.2) is 0 Å². The molecule has 17 heavy (non-hydrogen) atoms. The maximum absolute atomic E-state index is 10.6. The van der Waals surface area contributed by atoms with Gasteiger partial charge in [-0.05, 0) is 19.1 Å². The average Bonchev–Trinajstić information content (AvgIpc) is 2.73. The Morgan fingerprint density at radius 2 is 2.24 bits per heavy atom. The lowest BCUT2D eigenvalue weighted by Crippen LogP contribution is -2.02. The zero-order valence-electron chi connectivity index (χ0n) is 9.17. The van der Waals surface area contributed by atoms with Crippen molar-refractivity contribution in [2.75, 3.05) is 5.32 Å². The first-order chi connectivity index (χ1) is 8.15. The van der Waals surface area contributed by atoms with Gasteiger partial charge in [0, 0.05) is 11.1 Å². The van der Waals surface area contributed by atoms with Crippen molar-refractivity contribution < 1.29 is 9.90 Å². The van der Waals surface area contributed by atoms with E-state index < -0.39 is 5.97 Å². The highest BCUT2D eigenvalue weighted by Crippen LogP contribution is 2.14. The number of carboxylic acid groups (broad SMARTS) is 1. The highest BCUT2D eigenvalue weighted by Gasteiger charge is 2.03. The maximum Gasteiger partial charge on any atom is 0.354 e. The molecule has 0 unspecified atom stereocenters. The molecule has 2 aromatic heterocycles. The number of rotatable bonds is 4. The van der Waals surface area contributed by atoms with Gasteiger partial charge in [-0.2, -0.15) is 0 Å². The number of anilines is 1. The van der Waals surface area contributed by atoms with Crippen LogP contribution in [0.5, 0.6) is 0 Å². The molecule has 0 bridgehead atoms. The van der Waals surface area contributed by atoms with Crippen molar-refractivity contribution in [2.24, 2.45) is 0 Å². The predicted octanol–water partition coefficient (Wildman–Crippen LogP) is 2.16. The van der Waals surface area contributed by atoms with E-state index in [2.05, 4.69) is 15.3 Å². The minimum absolute atomic E-state index is 0.0455. The Balaban J connectivity index is 1.97. The maximum atomic E-state index is 10.6. The number of carbonyl (C=O) groups is 1. The summed E-state index contributed by atoms with van der Waals surface area (Å²) in [6.45, 7) is 2.62. The zero-order chi connectivity index (χ0) is 12.3. The first-order valence-corrected chi connectivity index (χ1v) is 5.81. The quantitative estimate of drug-likeness (QED) is 0.868. The normalized spacial score (nSPS) is 10.2. The first kappa shape index (κ1) is 11.5. The molecule has 2 heterocycles. The molecule has 0 aromatic carbocycles. The van der Waals surface area contributed by atoms with Crippen LogP contribution in [0.1, 0.15) is 20.4 Å². The molecule has 0 radical (unpaired) electrons. The van der Waals surface area contributed by atoms with E-state index in [1.165, 1.54) is 12.3 Å². The average molecular weight is 249 g/mol. The molecule has 88 valence electrons. The first-order valence-electron chi connectivity index (χ1n) is 4.99. The fourth-order valence-electron chi connectivity index (χ4n) is 1.30. The number of nitrogens with zero attached hydrogens (tertiary/aromatic N) is 2. The Kier molecular flexibility index (Phi) is 3.34. The lowest BCUT2D eigenvalue weighted by Gasteiger charge is -2.03.